The molecule has 3 rings (SSSR count). The quantitative estimate of drug-likeness (QED) is 0.164. The van der Waals surface area contributed by atoms with Crippen LogP contribution in [0.1, 0.15) is 24.6 Å². The number of carbonyl (C=O) groups excluding carboxylic acids is 1. The Hall–Kier alpha value is -3.75. The summed E-state index contributed by atoms with van der Waals surface area (Å²) in [7, 11) is 0. The summed E-state index contributed by atoms with van der Waals surface area (Å²) in [6, 6.07) is 2.32. The van der Waals surface area contributed by atoms with E-state index >= 15 is 0 Å². The summed E-state index contributed by atoms with van der Waals surface area (Å²) in [5.41, 5.74) is -1.50. The Balaban J connectivity index is 1.97. The molecule has 0 saturated carbocycles. The highest BCUT2D eigenvalue weighted by molar-refractivity contribution is 6.07. The number of carbonyl (C=O) groups is 1. The standard InChI is InChI=1S/C21H17F7N4O4/c22-10-1-2-12(23)11(5-10)16-18(17(31-9-30-16)14-3-4-20(24,25)7-35-14)32-19(34)13(33)6-15(29)36-8-21(26,27)28/h1-2,5-6,9,14,29,33H,3-4,7-8H2,(H,32,34)/b13-6-,29-15?. The van der Waals surface area contributed by atoms with Gasteiger partial charge in [0, 0.05) is 18.1 Å². The summed E-state index contributed by atoms with van der Waals surface area (Å²) in [4.78, 5) is 20.3. The van der Waals surface area contributed by atoms with Gasteiger partial charge in [-0.1, -0.05) is 0 Å². The van der Waals surface area contributed by atoms with Crippen molar-refractivity contribution in [1.29, 1.82) is 5.41 Å². The minimum Gasteiger partial charge on any atom is -0.503 e. The third-order valence-electron chi connectivity index (χ3n) is 4.76. The molecule has 15 heteroatoms. The van der Waals surface area contributed by atoms with E-state index in [1.165, 1.54) is 0 Å². The lowest BCUT2D eigenvalue weighted by Gasteiger charge is -2.29. The summed E-state index contributed by atoms with van der Waals surface area (Å²) in [6.45, 7) is -2.85. The lowest BCUT2D eigenvalue weighted by atomic mass is 10.00. The van der Waals surface area contributed by atoms with E-state index < -0.39 is 84.0 Å². The minimum absolute atomic E-state index is 0.205. The van der Waals surface area contributed by atoms with E-state index in [9.17, 15) is 40.6 Å². The monoisotopic (exact) mass is 522 g/mol. The molecule has 1 aromatic carbocycles. The molecule has 2 heterocycles. The Morgan fingerprint density at radius 1 is 1.31 bits per heavy atom. The van der Waals surface area contributed by atoms with Crippen LogP contribution in [0.4, 0.5) is 36.4 Å². The predicted octanol–water partition coefficient (Wildman–Crippen LogP) is 4.85. The summed E-state index contributed by atoms with van der Waals surface area (Å²) >= 11 is 0. The summed E-state index contributed by atoms with van der Waals surface area (Å²) in [5, 5.41) is 19.4. The van der Waals surface area contributed by atoms with E-state index in [0.29, 0.717) is 0 Å². The molecule has 0 spiro atoms. The van der Waals surface area contributed by atoms with Crippen LogP contribution in [0.25, 0.3) is 11.3 Å². The lowest BCUT2D eigenvalue weighted by molar-refractivity contribution is -0.156. The second-order valence-corrected chi connectivity index (χ2v) is 7.55. The van der Waals surface area contributed by atoms with Gasteiger partial charge in [-0.15, -0.1) is 0 Å². The van der Waals surface area contributed by atoms with Gasteiger partial charge in [0.1, 0.15) is 36.4 Å². The molecule has 1 amide bonds. The number of aliphatic hydroxyl groups excluding tert-OH is 1. The van der Waals surface area contributed by atoms with Crippen LogP contribution in [0, 0.1) is 17.0 Å². The maximum absolute atomic E-state index is 14.5. The minimum atomic E-state index is -4.78. The van der Waals surface area contributed by atoms with Gasteiger partial charge in [-0.05, 0) is 24.6 Å². The van der Waals surface area contributed by atoms with E-state index in [0.717, 1.165) is 24.5 Å². The smallest absolute Gasteiger partial charge is 0.422 e. The van der Waals surface area contributed by atoms with Crippen molar-refractivity contribution in [2.45, 2.75) is 31.0 Å². The Kier molecular flexibility index (Phi) is 7.81. The molecule has 194 valence electrons. The molecule has 1 aromatic heterocycles. The van der Waals surface area contributed by atoms with Crippen molar-refractivity contribution in [3.05, 3.63) is 53.7 Å². The van der Waals surface area contributed by atoms with Crippen molar-refractivity contribution >= 4 is 17.5 Å². The van der Waals surface area contributed by atoms with Gasteiger partial charge in [-0.3, -0.25) is 10.2 Å². The number of halogens is 7. The van der Waals surface area contributed by atoms with Gasteiger partial charge in [0.05, 0.1) is 11.4 Å². The molecule has 1 fully saturated rings. The van der Waals surface area contributed by atoms with Crippen molar-refractivity contribution in [3.63, 3.8) is 0 Å². The second-order valence-electron chi connectivity index (χ2n) is 7.55. The predicted molar refractivity (Wildman–Crippen MR) is 109 cm³/mol. The molecule has 0 bridgehead atoms. The van der Waals surface area contributed by atoms with Crippen molar-refractivity contribution in [2.75, 3.05) is 18.5 Å². The number of hydrogen-bond donors (Lipinski definition) is 3. The maximum atomic E-state index is 14.5. The fourth-order valence-electron chi connectivity index (χ4n) is 3.15. The first kappa shape index (κ1) is 26.8. The third kappa shape index (κ3) is 6.90. The Labute approximate surface area is 198 Å². The van der Waals surface area contributed by atoms with Crippen LogP contribution in [0.3, 0.4) is 0 Å². The number of nitrogens with one attached hydrogen (secondary N) is 2. The SMILES string of the molecule is N=C(/C=C(\O)C(=O)Nc1c(-c2cc(F)ccc2F)ncnc1C1CCC(F)(F)CO1)OCC(F)(F)F. The van der Waals surface area contributed by atoms with Crippen LogP contribution < -0.4 is 5.32 Å². The first-order valence-electron chi connectivity index (χ1n) is 10.1. The Morgan fingerprint density at radius 3 is 2.67 bits per heavy atom. The summed E-state index contributed by atoms with van der Waals surface area (Å²) < 4.78 is 101. The molecule has 0 aliphatic carbocycles. The van der Waals surface area contributed by atoms with Gasteiger partial charge >= 0.3 is 6.18 Å². The van der Waals surface area contributed by atoms with Crippen molar-refractivity contribution in [2.24, 2.45) is 0 Å². The number of amides is 1. The molecule has 1 aliphatic rings. The molecule has 36 heavy (non-hydrogen) atoms. The molecule has 1 aliphatic heterocycles. The van der Waals surface area contributed by atoms with Crippen molar-refractivity contribution < 1.29 is 50.1 Å². The molecule has 1 atom stereocenters. The number of nitrogens with zero attached hydrogens (tertiary/aromatic N) is 2. The highest BCUT2D eigenvalue weighted by Gasteiger charge is 2.38. The van der Waals surface area contributed by atoms with Crippen molar-refractivity contribution in [3.8, 4) is 11.3 Å². The topological polar surface area (TPSA) is 117 Å². The number of ether oxygens (including phenoxy) is 2. The van der Waals surface area contributed by atoms with Crippen LogP contribution in [0.5, 0.6) is 0 Å². The number of hydrogen-bond acceptors (Lipinski definition) is 7. The van der Waals surface area contributed by atoms with E-state index in [-0.39, 0.29) is 18.2 Å². The zero-order valence-corrected chi connectivity index (χ0v) is 18.0. The highest BCUT2D eigenvalue weighted by atomic mass is 19.4. The zero-order chi connectivity index (χ0) is 26.7. The fourth-order valence-corrected chi connectivity index (χ4v) is 3.15. The van der Waals surface area contributed by atoms with Gasteiger partial charge in [0.2, 0.25) is 5.90 Å². The number of alkyl halides is 5. The number of aromatic nitrogens is 2. The van der Waals surface area contributed by atoms with Gasteiger partial charge < -0.3 is 19.9 Å². The number of aliphatic hydroxyl groups is 1. The molecule has 1 unspecified atom stereocenters. The number of rotatable bonds is 6. The van der Waals surface area contributed by atoms with Crippen LogP contribution in [0.15, 0.2) is 36.4 Å². The first-order chi connectivity index (χ1) is 16.8. The van der Waals surface area contributed by atoms with Gasteiger partial charge in [0.15, 0.2) is 12.4 Å². The average molecular weight is 522 g/mol. The Morgan fingerprint density at radius 2 is 2.03 bits per heavy atom. The number of benzene rings is 1. The molecular weight excluding hydrogens is 505 g/mol. The van der Waals surface area contributed by atoms with E-state index in [4.69, 9.17) is 10.1 Å². The molecule has 1 saturated heterocycles. The summed E-state index contributed by atoms with van der Waals surface area (Å²) in [6.07, 6.45) is -5.65. The van der Waals surface area contributed by atoms with Gasteiger partial charge in [0.25, 0.3) is 11.8 Å². The van der Waals surface area contributed by atoms with Crippen LogP contribution >= 0.6 is 0 Å². The maximum Gasteiger partial charge on any atom is 0.422 e. The first-order valence-corrected chi connectivity index (χ1v) is 10.1. The normalized spacial score (nSPS) is 18.0. The van der Waals surface area contributed by atoms with E-state index in [1.54, 1.807) is 0 Å². The van der Waals surface area contributed by atoms with Crippen LogP contribution in [-0.4, -0.2) is 52.2 Å². The van der Waals surface area contributed by atoms with E-state index in [1.807, 2.05) is 0 Å². The average Bonchev–Trinajstić information content (AvgIpc) is 2.79. The Bertz CT molecular complexity index is 1180. The fraction of sp³-hybridized carbons (Fsp3) is 0.333. The van der Waals surface area contributed by atoms with Gasteiger partial charge in [-0.2, -0.15) is 13.2 Å². The number of anilines is 1. The zero-order valence-electron chi connectivity index (χ0n) is 18.0. The van der Waals surface area contributed by atoms with Crippen LogP contribution in [0.2, 0.25) is 0 Å². The lowest BCUT2D eigenvalue weighted by Crippen LogP contribution is -2.32. The molecule has 2 aromatic rings. The van der Waals surface area contributed by atoms with Gasteiger partial charge in [-0.25, -0.2) is 27.5 Å². The molecule has 0 radical (unpaired) electrons. The molecule has 3 N–H and O–H groups in total. The van der Waals surface area contributed by atoms with Crippen molar-refractivity contribution in [1.82, 2.24) is 9.97 Å². The second kappa shape index (κ2) is 10.5. The summed E-state index contributed by atoms with van der Waals surface area (Å²) in [5.74, 6) is -8.91. The third-order valence-corrected chi connectivity index (χ3v) is 4.76. The van der Waals surface area contributed by atoms with E-state index in [2.05, 4.69) is 20.0 Å². The molecule has 8 nitrogen and oxygen atoms in total. The van der Waals surface area contributed by atoms with Crippen LogP contribution in [-0.2, 0) is 14.3 Å². The highest BCUT2D eigenvalue weighted by Crippen LogP contribution is 2.40. The largest absolute Gasteiger partial charge is 0.503 e. The molecular formula is C21H17F7N4O4.